The maximum atomic E-state index is 16.0. The molecule has 0 aliphatic carbocycles. The SMILES string of the molecule is COc1cccc(OC)c1C(=O)c1c([P+](=O)CC(C)CC(C)(C)C)cc(C(=O)c2c(C)cc(C)cc2C)c(C(=O)c2c(C)cc(C)cc2C)c1C(=O)c1c(OC)cccc1OC. The predicted octanol–water partition coefficient (Wildman–Crippen LogP) is 11.0. The third-order valence-electron chi connectivity index (χ3n) is 11.1. The van der Waals surface area contributed by atoms with Gasteiger partial charge in [-0.1, -0.05) is 79.8 Å². The molecule has 10 heteroatoms. The minimum Gasteiger partial charge on any atom is -0.496 e. The lowest BCUT2D eigenvalue weighted by Crippen LogP contribution is -2.29. The van der Waals surface area contributed by atoms with Crippen LogP contribution in [0.25, 0.3) is 0 Å². The third-order valence-corrected chi connectivity index (χ3v) is 12.9. The zero-order chi connectivity index (χ0) is 46.0. The minimum atomic E-state index is -2.54. The standard InChI is InChI=1S/C52H58O9P/c1-28-21-31(4)41(32(5)22-28)48(53)35-25-40(62(57)27-30(3)26-52(8,9)10)46(50(55)44-36(58-11)17-15-18-37(44)59-12)47(51(56)45-38(60-13)19-16-20-39(45)61-14)43(35)49(54)42-33(6)23-29(2)24-34(42)7/h15-25,30H,26-27H2,1-14H3/q+1. The van der Waals surface area contributed by atoms with Gasteiger partial charge in [0.05, 0.1) is 39.6 Å². The molecule has 9 nitrogen and oxygen atoms in total. The van der Waals surface area contributed by atoms with Gasteiger partial charge >= 0.3 is 7.80 Å². The largest absolute Gasteiger partial charge is 0.496 e. The van der Waals surface area contributed by atoms with E-state index in [4.69, 9.17) is 18.9 Å². The van der Waals surface area contributed by atoms with Crippen LogP contribution < -0.4 is 24.3 Å². The average molecular weight is 858 g/mol. The van der Waals surface area contributed by atoms with Crippen molar-refractivity contribution in [3.05, 3.63) is 145 Å². The lowest BCUT2D eigenvalue weighted by molar-refractivity contribution is 0.0978. The van der Waals surface area contributed by atoms with E-state index in [2.05, 4.69) is 20.8 Å². The van der Waals surface area contributed by atoms with Crippen LogP contribution in [0, 0.1) is 52.9 Å². The van der Waals surface area contributed by atoms with Crippen molar-refractivity contribution < 1.29 is 42.7 Å². The second kappa shape index (κ2) is 19.0. The van der Waals surface area contributed by atoms with Crippen molar-refractivity contribution in [2.24, 2.45) is 11.3 Å². The van der Waals surface area contributed by atoms with Crippen LogP contribution in [-0.2, 0) is 4.57 Å². The molecule has 0 fully saturated rings. The molecule has 5 aromatic carbocycles. The van der Waals surface area contributed by atoms with E-state index >= 15 is 23.7 Å². The molecule has 0 heterocycles. The first-order valence-corrected chi connectivity index (χ1v) is 22.1. The van der Waals surface area contributed by atoms with Crippen LogP contribution in [0.3, 0.4) is 0 Å². The fraction of sp³-hybridized carbons (Fsp3) is 0.346. The van der Waals surface area contributed by atoms with Crippen LogP contribution in [0.5, 0.6) is 23.0 Å². The Morgan fingerprint density at radius 3 is 1.24 bits per heavy atom. The van der Waals surface area contributed by atoms with Gasteiger partial charge in [-0.05, 0) is 99.9 Å². The van der Waals surface area contributed by atoms with Gasteiger partial charge in [0.25, 0.3) is 0 Å². The highest BCUT2D eigenvalue weighted by Gasteiger charge is 2.43. The monoisotopic (exact) mass is 857 g/mol. The quantitative estimate of drug-likeness (QED) is 0.0705. The number of carbonyl (C=O) groups excluding carboxylic acids is 4. The highest BCUT2D eigenvalue weighted by Crippen LogP contribution is 2.42. The van der Waals surface area contributed by atoms with Crippen LogP contribution in [0.4, 0.5) is 0 Å². The summed E-state index contributed by atoms with van der Waals surface area (Å²) in [6.45, 7) is 19.3. The zero-order valence-corrected chi connectivity index (χ0v) is 39.4. The smallest absolute Gasteiger partial charge is 0.377 e. The first kappa shape index (κ1) is 47.1. The summed E-state index contributed by atoms with van der Waals surface area (Å²) in [5.74, 6) is -2.54. The zero-order valence-electron chi connectivity index (χ0n) is 38.5. The van der Waals surface area contributed by atoms with E-state index in [9.17, 15) is 0 Å². The van der Waals surface area contributed by atoms with Crippen molar-refractivity contribution in [2.45, 2.75) is 75.7 Å². The van der Waals surface area contributed by atoms with Gasteiger partial charge in [0, 0.05) is 34.2 Å². The molecule has 5 rings (SSSR count). The molecule has 2 unspecified atom stereocenters. The molecule has 0 N–H and O–H groups in total. The van der Waals surface area contributed by atoms with Crippen molar-refractivity contribution in [1.29, 1.82) is 0 Å². The predicted molar refractivity (Wildman–Crippen MR) is 246 cm³/mol. The Hall–Kier alpha value is -5.92. The third kappa shape index (κ3) is 9.44. The van der Waals surface area contributed by atoms with E-state index < -0.39 is 36.5 Å². The van der Waals surface area contributed by atoms with Crippen molar-refractivity contribution in [3.8, 4) is 23.0 Å². The minimum absolute atomic E-state index is 0.0457. The van der Waals surface area contributed by atoms with Crippen molar-refractivity contribution >= 4 is 36.2 Å². The summed E-state index contributed by atoms with van der Waals surface area (Å²) in [4.78, 5) is 63.2. The van der Waals surface area contributed by atoms with Gasteiger partial charge in [-0.2, -0.15) is 0 Å². The van der Waals surface area contributed by atoms with Crippen molar-refractivity contribution in [1.82, 2.24) is 0 Å². The fourth-order valence-corrected chi connectivity index (χ4v) is 10.6. The summed E-state index contributed by atoms with van der Waals surface area (Å²) in [6.07, 6.45) is 0.805. The van der Waals surface area contributed by atoms with Gasteiger partial charge in [-0.15, -0.1) is 0 Å². The summed E-state index contributed by atoms with van der Waals surface area (Å²) in [7, 11) is 3.05. The molecule has 0 bridgehead atoms. The second-order valence-corrected chi connectivity index (χ2v) is 19.0. The van der Waals surface area contributed by atoms with Gasteiger partial charge in [0.1, 0.15) is 34.1 Å². The Morgan fingerprint density at radius 2 is 0.871 bits per heavy atom. The molecular formula is C52H58O9P+. The topological polar surface area (TPSA) is 122 Å². The Bertz CT molecular complexity index is 2540. The van der Waals surface area contributed by atoms with E-state index in [0.29, 0.717) is 34.2 Å². The summed E-state index contributed by atoms with van der Waals surface area (Å²) >= 11 is 0. The number of hydrogen-bond acceptors (Lipinski definition) is 9. The van der Waals surface area contributed by atoms with Gasteiger partial charge in [0.15, 0.2) is 17.7 Å². The lowest BCUT2D eigenvalue weighted by Gasteiger charge is -2.23. The molecule has 324 valence electrons. The van der Waals surface area contributed by atoms with Crippen LogP contribution in [0.15, 0.2) is 66.7 Å². The maximum Gasteiger partial charge on any atom is 0.377 e. The number of rotatable bonds is 16. The summed E-state index contributed by atoms with van der Waals surface area (Å²) in [5.41, 5.74) is 3.45. The number of hydrogen-bond donors (Lipinski definition) is 0. The lowest BCUT2D eigenvalue weighted by atomic mass is 9.79. The number of benzene rings is 5. The molecule has 5 aromatic rings. The van der Waals surface area contributed by atoms with Gasteiger partial charge in [0.2, 0.25) is 16.9 Å². The normalized spacial score (nSPS) is 12.1. The molecule has 0 aliphatic rings. The molecule has 0 saturated heterocycles. The highest BCUT2D eigenvalue weighted by atomic mass is 31.1. The molecular weight excluding hydrogens is 800 g/mol. The molecule has 0 amide bonds. The number of ether oxygens (including phenoxy) is 4. The van der Waals surface area contributed by atoms with Gasteiger partial charge < -0.3 is 18.9 Å². The Labute approximate surface area is 366 Å². The first-order chi connectivity index (χ1) is 29.2. The number of ketones is 4. The van der Waals surface area contributed by atoms with E-state index in [1.165, 1.54) is 34.5 Å². The molecule has 62 heavy (non-hydrogen) atoms. The molecule has 0 aromatic heterocycles. The fourth-order valence-electron chi connectivity index (χ4n) is 8.96. The van der Waals surface area contributed by atoms with Crippen LogP contribution in [0.2, 0.25) is 0 Å². The first-order valence-electron chi connectivity index (χ1n) is 20.6. The van der Waals surface area contributed by atoms with E-state index in [0.717, 1.165) is 11.1 Å². The van der Waals surface area contributed by atoms with E-state index in [-0.39, 0.29) is 79.2 Å². The second-order valence-electron chi connectivity index (χ2n) is 17.4. The van der Waals surface area contributed by atoms with Crippen LogP contribution >= 0.6 is 7.80 Å². The molecule has 2 atom stereocenters. The Kier molecular flexibility index (Phi) is 14.4. The Morgan fingerprint density at radius 1 is 0.516 bits per heavy atom. The average Bonchev–Trinajstić information content (AvgIpc) is 3.19. The van der Waals surface area contributed by atoms with Gasteiger partial charge in [-0.25, -0.2) is 0 Å². The van der Waals surface area contributed by atoms with Crippen molar-refractivity contribution in [2.75, 3.05) is 34.6 Å². The van der Waals surface area contributed by atoms with E-state index in [1.807, 2.05) is 58.9 Å². The molecule has 0 aliphatic heterocycles. The Balaban J connectivity index is 2.13. The number of aryl methyl sites for hydroxylation is 6. The molecule has 0 radical (unpaired) electrons. The van der Waals surface area contributed by atoms with Gasteiger partial charge in [-0.3, -0.25) is 19.2 Å². The molecule has 0 spiro atoms. The van der Waals surface area contributed by atoms with Crippen molar-refractivity contribution in [3.63, 3.8) is 0 Å². The molecule has 0 saturated carbocycles. The van der Waals surface area contributed by atoms with Crippen LogP contribution in [0.1, 0.15) is 131 Å². The summed E-state index contributed by atoms with van der Waals surface area (Å²) in [5, 5.41) is -0.0457. The number of carbonyl (C=O) groups is 4. The van der Waals surface area contributed by atoms with E-state index in [1.54, 1.807) is 50.2 Å². The van der Waals surface area contributed by atoms with Crippen LogP contribution in [-0.4, -0.2) is 57.7 Å². The maximum absolute atomic E-state index is 16.0. The highest BCUT2D eigenvalue weighted by molar-refractivity contribution is 7.53. The summed E-state index contributed by atoms with van der Waals surface area (Å²) in [6, 6.07) is 18.5. The number of methoxy groups -OCH3 is 4. The summed E-state index contributed by atoms with van der Waals surface area (Å²) < 4.78 is 38.3.